The Hall–Kier alpha value is -1.63. The van der Waals surface area contributed by atoms with Crippen molar-refractivity contribution in [3.05, 3.63) is 64.8 Å². The van der Waals surface area contributed by atoms with Gasteiger partial charge in [0, 0.05) is 17.3 Å². The second kappa shape index (κ2) is 7.29. The number of aromatic nitrogens is 3. The lowest BCUT2D eigenvalue weighted by atomic mass is 10.2. The molecular weight excluding hydrogens is 353 g/mol. The van der Waals surface area contributed by atoms with Crippen LogP contribution in [0.3, 0.4) is 0 Å². The molecule has 0 saturated heterocycles. The van der Waals surface area contributed by atoms with Crippen molar-refractivity contribution in [2.24, 2.45) is 0 Å². The van der Waals surface area contributed by atoms with Crippen LogP contribution in [0.15, 0.2) is 53.5 Å². The van der Waals surface area contributed by atoms with Crippen molar-refractivity contribution < 1.29 is 4.39 Å². The van der Waals surface area contributed by atoms with E-state index < -0.39 is 0 Å². The van der Waals surface area contributed by atoms with Crippen LogP contribution < -0.4 is 0 Å². The number of benzene rings is 1. The van der Waals surface area contributed by atoms with Crippen LogP contribution in [0.1, 0.15) is 5.56 Å². The molecule has 0 spiro atoms. The molecule has 118 valence electrons. The molecular formula is C16H13ClFN3S2. The van der Waals surface area contributed by atoms with Crippen molar-refractivity contribution in [3.63, 3.8) is 0 Å². The highest BCUT2D eigenvalue weighted by Gasteiger charge is 2.14. The second-order valence-electron chi connectivity index (χ2n) is 4.71. The summed E-state index contributed by atoms with van der Waals surface area (Å²) in [5.41, 5.74) is 0.865. The zero-order valence-corrected chi connectivity index (χ0v) is 14.5. The van der Waals surface area contributed by atoms with Crippen molar-refractivity contribution in [1.29, 1.82) is 0 Å². The molecule has 0 saturated carbocycles. The summed E-state index contributed by atoms with van der Waals surface area (Å²) in [5, 5.41) is 11.8. The number of rotatable bonds is 6. The van der Waals surface area contributed by atoms with E-state index in [-0.39, 0.29) is 5.82 Å². The van der Waals surface area contributed by atoms with E-state index in [1.165, 1.54) is 23.9 Å². The Kier molecular flexibility index (Phi) is 5.15. The van der Waals surface area contributed by atoms with Gasteiger partial charge in [0.25, 0.3) is 0 Å². The van der Waals surface area contributed by atoms with Gasteiger partial charge in [0.15, 0.2) is 11.0 Å². The molecule has 23 heavy (non-hydrogen) atoms. The molecule has 1 aromatic carbocycles. The molecule has 0 aliphatic heterocycles. The molecule has 3 nitrogen and oxygen atoms in total. The molecule has 0 atom stereocenters. The standard InChI is InChI=1S/C16H13ClFN3S2/c1-2-7-21-15(14-4-3-8-22-14)19-20-16(21)23-10-11-5-6-12(18)9-13(11)17/h2-6,8-9H,1,7,10H2. The lowest BCUT2D eigenvalue weighted by Gasteiger charge is -2.07. The van der Waals surface area contributed by atoms with Crippen molar-refractivity contribution in [2.75, 3.05) is 0 Å². The Morgan fingerprint density at radius 2 is 2.22 bits per heavy atom. The molecule has 0 bridgehead atoms. The molecule has 3 rings (SSSR count). The largest absolute Gasteiger partial charge is 0.297 e. The number of halogens is 2. The van der Waals surface area contributed by atoms with E-state index >= 15 is 0 Å². The smallest absolute Gasteiger partial charge is 0.192 e. The van der Waals surface area contributed by atoms with Crippen molar-refractivity contribution in [3.8, 4) is 10.7 Å². The molecule has 0 fully saturated rings. The number of thiophene rings is 1. The molecule has 2 aromatic heterocycles. The van der Waals surface area contributed by atoms with Gasteiger partial charge in [-0.25, -0.2) is 4.39 Å². The molecule has 3 aromatic rings. The lowest BCUT2D eigenvalue weighted by molar-refractivity contribution is 0.627. The zero-order chi connectivity index (χ0) is 16.2. The molecule has 0 aliphatic rings. The van der Waals surface area contributed by atoms with Gasteiger partial charge in [-0.15, -0.1) is 28.1 Å². The summed E-state index contributed by atoms with van der Waals surface area (Å²) in [6.45, 7) is 4.42. The van der Waals surface area contributed by atoms with Crippen LogP contribution in [-0.2, 0) is 12.3 Å². The monoisotopic (exact) mass is 365 g/mol. The predicted molar refractivity (Wildman–Crippen MR) is 94.5 cm³/mol. The highest BCUT2D eigenvalue weighted by atomic mass is 35.5. The lowest BCUT2D eigenvalue weighted by Crippen LogP contribution is -2.00. The van der Waals surface area contributed by atoms with Gasteiger partial charge in [0.1, 0.15) is 5.82 Å². The quantitative estimate of drug-likeness (QED) is 0.440. The van der Waals surface area contributed by atoms with Crippen LogP contribution in [0, 0.1) is 5.82 Å². The van der Waals surface area contributed by atoms with Crippen LogP contribution >= 0.6 is 34.7 Å². The minimum absolute atomic E-state index is 0.335. The maximum atomic E-state index is 13.1. The fourth-order valence-electron chi connectivity index (χ4n) is 2.06. The fraction of sp³-hybridized carbons (Fsp3) is 0.125. The third-order valence-electron chi connectivity index (χ3n) is 3.14. The summed E-state index contributed by atoms with van der Waals surface area (Å²) in [7, 11) is 0. The van der Waals surface area contributed by atoms with E-state index in [0.29, 0.717) is 17.3 Å². The first kappa shape index (κ1) is 16.2. The zero-order valence-electron chi connectivity index (χ0n) is 12.1. The Balaban J connectivity index is 1.84. The highest BCUT2D eigenvalue weighted by molar-refractivity contribution is 7.98. The fourth-order valence-corrected chi connectivity index (χ4v) is 4.04. The Labute approximate surface area is 146 Å². The van der Waals surface area contributed by atoms with Crippen LogP contribution in [0.2, 0.25) is 5.02 Å². The van der Waals surface area contributed by atoms with Crippen molar-refractivity contribution >= 4 is 34.7 Å². The average Bonchev–Trinajstić information content (AvgIpc) is 3.16. The molecule has 0 aliphatic carbocycles. The molecule has 7 heteroatoms. The average molecular weight is 366 g/mol. The summed E-state index contributed by atoms with van der Waals surface area (Å²) >= 11 is 9.21. The van der Waals surface area contributed by atoms with E-state index in [4.69, 9.17) is 11.6 Å². The maximum Gasteiger partial charge on any atom is 0.192 e. The van der Waals surface area contributed by atoms with Gasteiger partial charge in [0.2, 0.25) is 0 Å². The van der Waals surface area contributed by atoms with E-state index in [1.807, 2.05) is 28.2 Å². The van der Waals surface area contributed by atoms with Gasteiger partial charge in [-0.05, 0) is 29.1 Å². The SMILES string of the molecule is C=CCn1c(SCc2ccc(F)cc2Cl)nnc1-c1cccs1. The summed E-state index contributed by atoms with van der Waals surface area (Å²) in [4.78, 5) is 1.06. The van der Waals surface area contributed by atoms with E-state index in [2.05, 4.69) is 16.8 Å². The summed E-state index contributed by atoms with van der Waals surface area (Å²) in [6.07, 6.45) is 1.81. The van der Waals surface area contributed by atoms with Crippen LogP contribution in [0.4, 0.5) is 4.39 Å². The van der Waals surface area contributed by atoms with Crippen LogP contribution in [0.25, 0.3) is 10.7 Å². The first-order valence-corrected chi connectivity index (χ1v) is 9.08. The predicted octanol–water partition coefficient (Wildman–Crippen LogP) is 5.28. The minimum Gasteiger partial charge on any atom is -0.297 e. The second-order valence-corrected chi connectivity index (χ2v) is 7.00. The third kappa shape index (κ3) is 3.65. The molecule has 0 unspecified atom stereocenters. The van der Waals surface area contributed by atoms with Gasteiger partial charge in [-0.1, -0.05) is 41.6 Å². The summed E-state index contributed by atoms with van der Waals surface area (Å²) < 4.78 is 15.1. The van der Waals surface area contributed by atoms with Gasteiger partial charge in [-0.3, -0.25) is 4.57 Å². The first-order valence-electron chi connectivity index (χ1n) is 6.83. The third-order valence-corrected chi connectivity index (χ3v) is 5.38. The minimum atomic E-state index is -0.335. The molecule has 0 amide bonds. The Bertz CT molecular complexity index is 815. The number of hydrogen-bond donors (Lipinski definition) is 0. The normalized spacial score (nSPS) is 10.9. The number of allylic oxidation sites excluding steroid dienone is 1. The summed E-state index contributed by atoms with van der Waals surface area (Å²) in [5.74, 6) is 1.09. The first-order chi connectivity index (χ1) is 11.2. The Morgan fingerprint density at radius 3 is 2.91 bits per heavy atom. The molecule has 0 radical (unpaired) electrons. The maximum absolute atomic E-state index is 13.1. The number of thioether (sulfide) groups is 1. The molecule has 2 heterocycles. The number of hydrogen-bond acceptors (Lipinski definition) is 4. The van der Waals surface area contributed by atoms with Crippen molar-refractivity contribution in [2.45, 2.75) is 17.5 Å². The van der Waals surface area contributed by atoms with Gasteiger partial charge < -0.3 is 0 Å². The van der Waals surface area contributed by atoms with Crippen molar-refractivity contribution in [1.82, 2.24) is 14.8 Å². The number of nitrogens with zero attached hydrogens (tertiary/aromatic N) is 3. The van der Waals surface area contributed by atoms with Gasteiger partial charge >= 0.3 is 0 Å². The van der Waals surface area contributed by atoms with E-state index in [1.54, 1.807) is 17.4 Å². The van der Waals surface area contributed by atoms with Gasteiger partial charge in [0.05, 0.1) is 4.88 Å². The molecule has 0 N–H and O–H groups in total. The van der Waals surface area contributed by atoms with Gasteiger partial charge in [-0.2, -0.15) is 0 Å². The van der Waals surface area contributed by atoms with Crippen LogP contribution in [0.5, 0.6) is 0 Å². The highest BCUT2D eigenvalue weighted by Crippen LogP contribution is 2.30. The topological polar surface area (TPSA) is 30.7 Å². The van der Waals surface area contributed by atoms with Crippen LogP contribution in [-0.4, -0.2) is 14.8 Å². The summed E-state index contributed by atoms with van der Waals surface area (Å²) in [6, 6.07) is 8.42. The van der Waals surface area contributed by atoms with E-state index in [0.717, 1.165) is 21.4 Å². The Morgan fingerprint density at radius 1 is 1.35 bits per heavy atom. The van der Waals surface area contributed by atoms with E-state index in [9.17, 15) is 4.39 Å².